The van der Waals surface area contributed by atoms with E-state index in [-0.39, 0.29) is 6.42 Å². The van der Waals surface area contributed by atoms with E-state index < -0.39 is 23.7 Å². The van der Waals surface area contributed by atoms with Crippen LogP contribution in [0.3, 0.4) is 0 Å². The van der Waals surface area contributed by atoms with Crippen LogP contribution in [-0.4, -0.2) is 28.8 Å². The Kier molecular flexibility index (Phi) is 5.77. The molecule has 0 fully saturated rings. The van der Waals surface area contributed by atoms with Crippen LogP contribution < -0.4 is 5.32 Å². The number of rotatable bonds is 5. The Bertz CT molecular complexity index is 586. The highest BCUT2D eigenvalue weighted by molar-refractivity contribution is 5.80. The Balaban J connectivity index is 2.74. The van der Waals surface area contributed by atoms with Crippen molar-refractivity contribution in [3.63, 3.8) is 0 Å². The molecule has 2 N–H and O–H groups in total. The fraction of sp³-hybridized carbons (Fsp3) is 0.429. The van der Waals surface area contributed by atoms with Crippen molar-refractivity contribution in [2.24, 2.45) is 5.11 Å². The van der Waals surface area contributed by atoms with Crippen molar-refractivity contribution in [2.75, 3.05) is 0 Å². The molecule has 1 aromatic carbocycles. The number of carbonyl (C=O) groups excluding carboxylic acids is 1. The standard InChI is InChI=1S/C14H18N4O4/c1-14(2,3)22-13(21)16-11(12(19)20)8-9-4-6-10(7-5-9)17-18-15/h4-7,11H,8H2,1-3H3,(H,16,21)(H,19,20)/t11-/m1/s1. The van der Waals surface area contributed by atoms with Gasteiger partial charge in [-0.1, -0.05) is 29.4 Å². The van der Waals surface area contributed by atoms with E-state index >= 15 is 0 Å². The molecule has 1 rings (SSSR count). The second-order valence-corrected chi connectivity index (χ2v) is 5.60. The van der Waals surface area contributed by atoms with Gasteiger partial charge in [-0.15, -0.1) is 0 Å². The van der Waals surface area contributed by atoms with Crippen LogP contribution in [0.15, 0.2) is 29.4 Å². The van der Waals surface area contributed by atoms with Gasteiger partial charge in [0.2, 0.25) is 0 Å². The van der Waals surface area contributed by atoms with Gasteiger partial charge in [0.15, 0.2) is 0 Å². The summed E-state index contributed by atoms with van der Waals surface area (Å²) in [6, 6.07) is 5.30. The zero-order chi connectivity index (χ0) is 16.8. The number of nitrogens with zero attached hydrogens (tertiary/aromatic N) is 3. The van der Waals surface area contributed by atoms with Crippen LogP contribution in [0.5, 0.6) is 0 Å². The average Bonchev–Trinajstić information content (AvgIpc) is 2.38. The molecule has 0 saturated carbocycles. The molecule has 0 saturated heterocycles. The predicted octanol–water partition coefficient (Wildman–Crippen LogP) is 3.15. The molecule has 0 aliphatic carbocycles. The van der Waals surface area contributed by atoms with Crippen molar-refractivity contribution in [2.45, 2.75) is 38.8 Å². The number of nitrogens with one attached hydrogen (secondary N) is 1. The van der Waals surface area contributed by atoms with Gasteiger partial charge in [-0.3, -0.25) is 0 Å². The molecule has 0 aromatic heterocycles. The van der Waals surface area contributed by atoms with Crippen LogP contribution in [-0.2, 0) is 16.0 Å². The number of carbonyl (C=O) groups is 2. The second-order valence-electron chi connectivity index (χ2n) is 5.60. The number of amides is 1. The van der Waals surface area contributed by atoms with Crippen LogP contribution in [0.4, 0.5) is 10.5 Å². The first-order valence-electron chi connectivity index (χ1n) is 6.57. The summed E-state index contributed by atoms with van der Waals surface area (Å²) >= 11 is 0. The van der Waals surface area contributed by atoms with Gasteiger partial charge in [0.05, 0.1) is 0 Å². The number of benzene rings is 1. The number of carboxylic acids is 1. The monoisotopic (exact) mass is 306 g/mol. The summed E-state index contributed by atoms with van der Waals surface area (Å²) in [5, 5.41) is 14.9. The highest BCUT2D eigenvalue weighted by atomic mass is 16.6. The minimum absolute atomic E-state index is 0.0884. The van der Waals surface area contributed by atoms with E-state index in [2.05, 4.69) is 15.3 Å². The first-order chi connectivity index (χ1) is 10.2. The van der Waals surface area contributed by atoms with Gasteiger partial charge in [-0.05, 0) is 31.9 Å². The summed E-state index contributed by atoms with van der Waals surface area (Å²) in [5.74, 6) is -1.16. The lowest BCUT2D eigenvalue weighted by Gasteiger charge is -2.22. The Hall–Kier alpha value is -2.73. The molecule has 1 atom stereocenters. The molecule has 0 aliphatic heterocycles. The lowest BCUT2D eigenvalue weighted by atomic mass is 10.1. The average molecular weight is 306 g/mol. The summed E-state index contributed by atoms with van der Waals surface area (Å²) in [7, 11) is 0. The summed E-state index contributed by atoms with van der Waals surface area (Å²) in [5.41, 5.74) is 8.72. The maximum atomic E-state index is 11.7. The number of aliphatic carboxylic acids is 1. The van der Waals surface area contributed by atoms with Crippen LogP contribution in [0.25, 0.3) is 10.4 Å². The lowest BCUT2D eigenvalue weighted by Crippen LogP contribution is -2.44. The maximum absolute atomic E-state index is 11.7. The van der Waals surface area contributed by atoms with Gasteiger partial charge in [0.1, 0.15) is 11.6 Å². The molecular weight excluding hydrogens is 288 g/mol. The minimum atomic E-state index is -1.16. The normalized spacial score (nSPS) is 12.0. The van der Waals surface area contributed by atoms with E-state index in [9.17, 15) is 14.7 Å². The zero-order valence-corrected chi connectivity index (χ0v) is 12.6. The molecule has 0 unspecified atom stereocenters. The van der Waals surface area contributed by atoms with Crippen LogP contribution in [0.2, 0.25) is 0 Å². The van der Waals surface area contributed by atoms with Gasteiger partial charge >= 0.3 is 12.1 Å². The molecule has 0 aliphatic rings. The van der Waals surface area contributed by atoms with E-state index in [0.717, 1.165) is 0 Å². The molecule has 22 heavy (non-hydrogen) atoms. The fourth-order valence-electron chi connectivity index (χ4n) is 1.64. The highest BCUT2D eigenvalue weighted by Gasteiger charge is 2.24. The van der Waals surface area contributed by atoms with Crippen LogP contribution >= 0.6 is 0 Å². The third-order valence-corrected chi connectivity index (χ3v) is 2.53. The molecule has 0 heterocycles. The van der Waals surface area contributed by atoms with Gasteiger partial charge in [-0.25, -0.2) is 9.59 Å². The van der Waals surface area contributed by atoms with E-state index in [1.54, 1.807) is 45.0 Å². The number of ether oxygens (including phenoxy) is 1. The zero-order valence-electron chi connectivity index (χ0n) is 12.6. The Labute approximate surface area is 127 Å². The first kappa shape index (κ1) is 17.3. The summed E-state index contributed by atoms with van der Waals surface area (Å²) in [6.45, 7) is 5.07. The maximum Gasteiger partial charge on any atom is 0.408 e. The summed E-state index contributed by atoms with van der Waals surface area (Å²) < 4.78 is 5.04. The summed E-state index contributed by atoms with van der Waals surface area (Å²) in [6.07, 6.45) is -0.698. The topological polar surface area (TPSA) is 124 Å². The van der Waals surface area contributed by atoms with Gasteiger partial charge in [0, 0.05) is 17.0 Å². The predicted molar refractivity (Wildman–Crippen MR) is 79.7 cm³/mol. The van der Waals surface area contributed by atoms with Crippen molar-refractivity contribution >= 4 is 17.7 Å². The number of hydrogen-bond acceptors (Lipinski definition) is 4. The van der Waals surface area contributed by atoms with Crippen molar-refractivity contribution in [1.29, 1.82) is 0 Å². The van der Waals surface area contributed by atoms with Crippen LogP contribution in [0, 0.1) is 0 Å². The number of azide groups is 1. The van der Waals surface area contributed by atoms with Gasteiger partial charge in [-0.2, -0.15) is 0 Å². The largest absolute Gasteiger partial charge is 0.480 e. The highest BCUT2D eigenvalue weighted by Crippen LogP contribution is 2.14. The Morgan fingerprint density at radius 1 is 1.36 bits per heavy atom. The number of carboxylic acid groups (broad SMARTS) is 1. The molecule has 8 heteroatoms. The fourth-order valence-corrected chi connectivity index (χ4v) is 1.64. The van der Waals surface area contributed by atoms with E-state index in [1.165, 1.54) is 0 Å². The molecule has 0 radical (unpaired) electrons. The molecule has 0 spiro atoms. The molecule has 0 bridgehead atoms. The smallest absolute Gasteiger partial charge is 0.408 e. The summed E-state index contributed by atoms with van der Waals surface area (Å²) in [4.78, 5) is 25.5. The molecule has 1 aromatic rings. The van der Waals surface area contributed by atoms with Gasteiger partial charge < -0.3 is 15.2 Å². The SMILES string of the molecule is CC(C)(C)OC(=O)N[C@H](Cc1ccc(N=[N+]=[N-])cc1)C(=O)O. The molecular formula is C14H18N4O4. The van der Waals surface area contributed by atoms with E-state index in [4.69, 9.17) is 10.3 Å². The van der Waals surface area contributed by atoms with Crippen molar-refractivity contribution in [3.8, 4) is 0 Å². The van der Waals surface area contributed by atoms with Crippen molar-refractivity contribution in [1.82, 2.24) is 5.32 Å². The second kappa shape index (κ2) is 7.33. The quantitative estimate of drug-likeness (QED) is 0.492. The van der Waals surface area contributed by atoms with Crippen LogP contribution in [0.1, 0.15) is 26.3 Å². The number of hydrogen-bond donors (Lipinski definition) is 2. The molecule has 8 nitrogen and oxygen atoms in total. The van der Waals surface area contributed by atoms with Crippen molar-refractivity contribution in [3.05, 3.63) is 40.3 Å². The van der Waals surface area contributed by atoms with E-state index in [1.807, 2.05) is 0 Å². The molecule has 118 valence electrons. The minimum Gasteiger partial charge on any atom is -0.480 e. The Morgan fingerprint density at radius 3 is 2.41 bits per heavy atom. The lowest BCUT2D eigenvalue weighted by molar-refractivity contribution is -0.139. The number of alkyl carbamates (subject to hydrolysis) is 1. The molecule has 1 amide bonds. The first-order valence-corrected chi connectivity index (χ1v) is 6.57. The van der Waals surface area contributed by atoms with E-state index in [0.29, 0.717) is 11.3 Å². The third kappa shape index (κ3) is 6.15. The Morgan fingerprint density at radius 2 is 1.95 bits per heavy atom. The van der Waals surface area contributed by atoms with Gasteiger partial charge in [0.25, 0.3) is 0 Å². The third-order valence-electron chi connectivity index (χ3n) is 2.53. The van der Waals surface area contributed by atoms with Crippen molar-refractivity contribution < 1.29 is 19.4 Å².